The van der Waals surface area contributed by atoms with E-state index in [9.17, 15) is 0 Å². The van der Waals surface area contributed by atoms with Gasteiger partial charge in [-0.1, -0.05) is 13.1 Å². The molecule has 0 radical (unpaired) electrons. The van der Waals surface area contributed by atoms with Crippen LogP contribution in [-0.4, -0.2) is 151 Å². The molecule has 0 aromatic carbocycles. The van der Waals surface area contributed by atoms with Gasteiger partial charge in [0, 0.05) is 43.6 Å². The quantitative estimate of drug-likeness (QED) is 0.0856. The summed E-state index contributed by atoms with van der Waals surface area (Å²) in [5, 5.41) is 24.8. The molecule has 3 N–H and O–H groups in total. The van der Waals surface area contributed by atoms with E-state index in [0.717, 1.165) is 6.23 Å². The summed E-state index contributed by atoms with van der Waals surface area (Å²) in [5.74, 6) is 0. The molecule has 0 amide bonds. The van der Waals surface area contributed by atoms with Gasteiger partial charge in [0.05, 0.1) is 38.9 Å². The standard InChI is InChI=1S/C6H16O3Si.C5H14O3Si.C4H16O4Si3.C4H12O2Si/c1-8-10(2,3)6-9-5-4-7;1-7-9(2,3)5-8-4-6;1-5-4-6-11(3,7-9)8-10-2;1-7-4-6-3-2-5/h7H,4-6H2,1-3H3;6H,4-5H2,1-3H3;4,10H2,1-3,9H3;5H,2-4,7H2,1H3/t;;11-;/m..1./s1. The van der Waals surface area contributed by atoms with E-state index in [1.165, 1.54) is 0 Å². The van der Waals surface area contributed by atoms with Gasteiger partial charge in [0.15, 0.2) is 0 Å². The lowest BCUT2D eigenvalue weighted by atomic mass is 10.8. The zero-order chi connectivity index (χ0) is 29.6. The highest BCUT2D eigenvalue weighted by Crippen LogP contribution is 2.06. The van der Waals surface area contributed by atoms with Crippen LogP contribution in [0.15, 0.2) is 0 Å². The lowest BCUT2D eigenvalue weighted by Crippen LogP contribution is -2.43. The second-order valence-corrected chi connectivity index (χ2v) is 23.8. The molecule has 0 fully saturated rings. The number of aliphatic hydroxyl groups is 3. The Morgan fingerprint density at radius 3 is 1.59 bits per heavy atom. The third-order valence-electron chi connectivity index (χ3n) is 4.13. The summed E-state index contributed by atoms with van der Waals surface area (Å²) in [4.78, 5) is 0. The van der Waals surface area contributed by atoms with E-state index in [0.29, 0.717) is 36.2 Å². The van der Waals surface area contributed by atoms with Crippen LogP contribution in [0.4, 0.5) is 0 Å². The fourth-order valence-corrected chi connectivity index (χ4v) is 8.40. The van der Waals surface area contributed by atoms with Crippen LogP contribution in [0, 0.1) is 0 Å². The fraction of sp³-hybridized carbons (Fsp3) is 1.00. The molecular weight excluding hydrogens is 589 g/mol. The number of hydrogen-bond donors (Lipinski definition) is 3. The summed E-state index contributed by atoms with van der Waals surface area (Å²) >= 11 is 0. The van der Waals surface area contributed by atoms with Gasteiger partial charge in [-0.15, -0.1) is 0 Å². The molecule has 37 heavy (non-hydrogen) atoms. The molecule has 0 heterocycles. The highest BCUT2D eigenvalue weighted by molar-refractivity contribution is 6.71. The van der Waals surface area contributed by atoms with E-state index in [-0.39, 0.29) is 36.3 Å². The number of ether oxygens (including phenoxy) is 4. The summed E-state index contributed by atoms with van der Waals surface area (Å²) in [6.07, 6.45) is 2.12. The van der Waals surface area contributed by atoms with Gasteiger partial charge < -0.3 is 55.8 Å². The third-order valence-corrected chi connectivity index (χ3v) is 15.7. The minimum atomic E-state index is -2.25. The molecule has 18 heteroatoms. The van der Waals surface area contributed by atoms with Gasteiger partial charge in [-0.05, 0) is 26.2 Å². The van der Waals surface area contributed by atoms with Crippen LogP contribution in [-0.2, 0) is 40.5 Å². The van der Waals surface area contributed by atoms with E-state index >= 15 is 0 Å². The van der Waals surface area contributed by atoms with Crippen LogP contribution in [0.3, 0.4) is 0 Å². The highest BCUT2D eigenvalue weighted by atomic mass is 28.4. The van der Waals surface area contributed by atoms with Crippen molar-refractivity contribution in [2.24, 2.45) is 0 Å². The van der Waals surface area contributed by atoms with Crippen molar-refractivity contribution >= 4 is 55.2 Å². The van der Waals surface area contributed by atoms with Gasteiger partial charge in [0.25, 0.3) is 0 Å². The first kappa shape index (κ1) is 44.8. The Kier molecular flexibility index (Phi) is 38.0. The second-order valence-electron chi connectivity index (χ2n) is 8.57. The molecule has 0 rings (SSSR count). The minimum absolute atomic E-state index is 0.0603. The maximum absolute atomic E-state index is 8.39. The topological polar surface area (TPSA) is 144 Å². The van der Waals surface area contributed by atoms with E-state index in [2.05, 4.69) is 26.2 Å². The van der Waals surface area contributed by atoms with Gasteiger partial charge in [0.1, 0.15) is 33.8 Å². The summed E-state index contributed by atoms with van der Waals surface area (Å²) in [6, 6.07) is 0. The van der Waals surface area contributed by atoms with Crippen molar-refractivity contribution in [2.45, 2.75) is 45.8 Å². The largest absolute Gasteiger partial charge is 0.477 e. The van der Waals surface area contributed by atoms with Crippen molar-refractivity contribution in [2.75, 3.05) is 80.0 Å². The Morgan fingerprint density at radius 1 is 0.757 bits per heavy atom. The first-order chi connectivity index (χ1) is 17.3. The van der Waals surface area contributed by atoms with Crippen molar-refractivity contribution in [3.05, 3.63) is 0 Å². The molecule has 230 valence electrons. The summed E-state index contributed by atoms with van der Waals surface area (Å²) in [5.41, 5.74) is 0. The highest BCUT2D eigenvalue weighted by Gasteiger charge is 2.31. The third kappa shape index (κ3) is 39.0. The molecule has 0 bridgehead atoms. The summed E-state index contributed by atoms with van der Waals surface area (Å²) in [6.45, 7) is 15.6. The smallest absolute Gasteiger partial charge is 0.425 e. The SMILES string of the molecule is COCO[Si@](C)(O[SiH3])O[SiH2]C.CO[Si](C)(C)COCCO.CO[Si](C)(C)COCO.C[SiH2]COCCO. The zero-order valence-corrected chi connectivity index (χ0v) is 33.1. The van der Waals surface area contributed by atoms with E-state index in [1.807, 2.05) is 19.6 Å². The Bertz CT molecular complexity index is 440. The Labute approximate surface area is 236 Å². The van der Waals surface area contributed by atoms with Crippen LogP contribution in [0.2, 0.25) is 45.8 Å². The summed E-state index contributed by atoms with van der Waals surface area (Å²) in [7, 11) is -0.143. The van der Waals surface area contributed by atoms with Crippen molar-refractivity contribution in [3.8, 4) is 0 Å². The molecule has 0 unspecified atom stereocenters. The van der Waals surface area contributed by atoms with Gasteiger partial charge >= 0.3 is 8.80 Å². The predicted molar refractivity (Wildman–Crippen MR) is 163 cm³/mol. The minimum Gasteiger partial charge on any atom is -0.425 e. The van der Waals surface area contributed by atoms with Crippen LogP contribution in [0.5, 0.6) is 0 Å². The van der Waals surface area contributed by atoms with Gasteiger partial charge in [0.2, 0.25) is 16.6 Å². The van der Waals surface area contributed by atoms with Gasteiger partial charge in [-0.3, -0.25) is 0 Å². The lowest BCUT2D eigenvalue weighted by Gasteiger charge is -2.23. The number of hydrogen-bond acceptors (Lipinski definition) is 12. The Morgan fingerprint density at radius 2 is 1.24 bits per heavy atom. The predicted octanol–water partition coefficient (Wildman–Crippen LogP) is -1.48. The Balaban J connectivity index is -0.000000199. The maximum Gasteiger partial charge on any atom is 0.477 e. The molecule has 12 nitrogen and oxygen atoms in total. The molecule has 0 spiro atoms. The number of aliphatic hydroxyl groups excluding tert-OH is 3. The van der Waals surface area contributed by atoms with Crippen molar-refractivity contribution in [3.63, 3.8) is 0 Å². The molecule has 0 saturated carbocycles. The average molecular weight is 647 g/mol. The zero-order valence-electron chi connectivity index (χ0n) is 25.3. The van der Waals surface area contributed by atoms with Crippen molar-refractivity contribution in [1.29, 1.82) is 0 Å². The molecule has 0 saturated heterocycles. The van der Waals surface area contributed by atoms with Gasteiger partial charge in [-0.25, -0.2) is 0 Å². The second kappa shape index (κ2) is 31.4. The number of rotatable bonds is 19. The van der Waals surface area contributed by atoms with Crippen molar-refractivity contribution < 1.29 is 55.8 Å². The molecule has 0 aliphatic carbocycles. The average Bonchev–Trinajstić information content (AvgIpc) is 2.88. The molecule has 0 aliphatic heterocycles. The molecule has 0 aromatic rings. The fourth-order valence-electron chi connectivity index (χ4n) is 1.69. The Hall–Kier alpha value is 0.821. The molecule has 1 atom stereocenters. The van der Waals surface area contributed by atoms with Crippen LogP contribution >= 0.6 is 0 Å². The maximum atomic E-state index is 8.39. The number of methoxy groups -OCH3 is 1. The first-order valence-corrected chi connectivity index (χ1v) is 26.0. The normalized spacial score (nSPS) is 13.5. The van der Waals surface area contributed by atoms with E-state index in [1.54, 1.807) is 21.3 Å². The first-order valence-electron chi connectivity index (χ1n) is 12.3. The monoisotopic (exact) mass is 646 g/mol. The van der Waals surface area contributed by atoms with E-state index < -0.39 is 35.2 Å². The van der Waals surface area contributed by atoms with Crippen LogP contribution < -0.4 is 0 Å². The molecule has 0 aliphatic rings. The molecule has 0 aromatic heterocycles. The van der Waals surface area contributed by atoms with Crippen LogP contribution in [0.25, 0.3) is 0 Å². The summed E-state index contributed by atoms with van der Waals surface area (Å²) < 4.78 is 46.0. The molecular formula is C19H58O12Si6. The van der Waals surface area contributed by atoms with Gasteiger partial charge in [-0.2, -0.15) is 0 Å². The lowest BCUT2D eigenvalue weighted by molar-refractivity contribution is 0.0133. The van der Waals surface area contributed by atoms with Crippen molar-refractivity contribution in [1.82, 2.24) is 0 Å². The van der Waals surface area contributed by atoms with Crippen LogP contribution in [0.1, 0.15) is 0 Å². The van der Waals surface area contributed by atoms with E-state index in [4.69, 9.17) is 55.8 Å².